The number of carbonyl (C=O) groups is 1. The first-order chi connectivity index (χ1) is 21.7. The predicted molar refractivity (Wildman–Crippen MR) is 166 cm³/mol. The Morgan fingerprint density at radius 2 is 1.85 bits per heavy atom. The number of non-ortho nitro benzene ring substituents is 1. The molecule has 46 heavy (non-hydrogen) atoms. The first-order valence-corrected chi connectivity index (χ1v) is 14.9. The van der Waals surface area contributed by atoms with Crippen LogP contribution in [0, 0.1) is 15.5 Å². The molecule has 1 aliphatic carbocycles. The van der Waals surface area contributed by atoms with Crippen LogP contribution >= 0.6 is 0 Å². The maximum atomic E-state index is 14.8. The van der Waals surface area contributed by atoms with Gasteiger partial charge < -0.3 is 19.1 Å². The van der Waals surface area contributed by atoms with Crippen LogP contribution in [0.2, 0.25) is 0 Å². The summed E-state index contributed by atoms with van der Waals surface area (Å²) < 4.78 is 57.1. The van der Waals surface area contributed by atoms with Gasteiger partial charge in [-0.2, -0.15) is 13.2 Å². The molecule has 2 atom stereocenters. The maximum Gasteiger partial charge on any atom is 0.422 e. The molecule has 5 rings (SSSR count). The summed E-state index contributed by atoms with van der Waals surface area (Å²) >= 11 is 0. The number of benzene rings is 2. The smallest absolute Gasteiger partial charge is 0.422 e. The summed E-state index contributed by atoms with van der Waals surface area (Å²) in [6.07, 6.45) is 2.29. The van der Waals surface area contributed by atoms with Crippen molar-refractivity contribution >= 4 is 22.6 Å². The lowest BCUT2D eigenvalue weighted by molar-refractivity contribution is -0.384. The Labute approximate surface area is 264 Å². The molecule has 1 fully saturated rings. The van der Waals surface area contributed by atoms with E-state index >= 15 is 0 Å². The van der Waals surface area contributed by atoms with E-state index in [-0.39, 0.29) is 47.9 Å². The number of rotatable bonds is 9. The number of aliphatic hydroxyl groups is 1. The lowest BCUT2D eigenvalue weighted by Crippen LogP contribution is -2.53. The molecular weight excluding hydrogens is 603 g/mol. The zero-order valence-corrected chi connectivity index (χ0v) is 25.6. The third kappa shape index (κ3) is 6.45. The number of ether oxygens (including phenoxy) is 2. The largest absolute Gasteiger partial charge is 0.491 e. The van der Waals surface area contributed by atoms with Crippen molar-refractivity contribution in [2.24, 2.45) is 5.41 Å². The number of nitro groups is 1. The standard InChI is InChI=1S/C34H36F3N3O6/c1-23-9-11-26(13-16-32(23,2)31(41)45-3)46-27-14-17-38(18-15-27)22-33(42,34(35,36)37)29-21-39(20-24-7-5-4-6-8-24)30-19-25(40(43)44)10-12-28(29)30/h4-13,19,21,27,42H,1,14-18,20,22H2,2-3H3. The molecule has 9 nitrogen and oxygen atoms in total. The molecule has 1 N–H and O–H groups in total. The molecule has 1 aromatic heterocycles. The molecular formula is C34H36F3N3O6. The van der Waals surface area contributed by atoms with Crippen molar-refractivity contribution in [3.8, 4) is 0 Å². The van der Waals surface area contributed by atoms with Gasteiger partial charge in [-0.05, 0) is 55.5 Å². The zero-order valence-electron chi connectivity index (χ0n) is 25.6. The normalized spacial score (nSPS) is 21.0. The van der Waals surface area contributed by atoms with Crippen molar-refractivity contribution in [2.75, 3.05) is 26.7 Å². The van der Waals surface area contributed by atoms with Crippen LogP contribution in [-0.2, 0) is 26.4 Å². The molecule has 2 heterocycles. The second-order valence-electron chi connectivity index (χ2n) is 12.1. The van der Waals surface area contributed by atoms with Crippen LogP contribution in [0.25, 0.3) is 10.9 Å². The second-order valence-corrected chi connectivity index (χ2v) is 12.1. The van der Waals surface area contributed by atoms with Crippen molar-refractivity contribution < 1.29 is 37.5 Å². The Bertz CT molecular complexity index is 1690. The Morgan fingerprint density at radius 1 is 1.15 bits per heavy atom. The van der Waals surface area contributed by atoms with Crippen LogP contribution in [0.3, 0.4) is 0 Å². The van der Waals surface area contributed by atoms with Crippen molar-refractivity contribution in [2.45, 2.75) is 50.6 Å². The Balaban J connectivity index is 1.36. The van der Waals surface area contributed by atoms with E-state index in [1.807, 2.05) is 6.07 Å². The summed E-state index contributed by atoms with van der Waals surface area (Å²) in [5, 5.41) is 23.1. The number of nitrogens with zero attached hydrogens (tertiary/aromatic N) is 3. The minimum absolute atomic E-state index is 0.0900. The number of fused-ring (bicyclic) bond motifs is 1. The van der Waals surface area contributed by atoms with E-state index in [0.29, 0.717) is 30.6 Å². The molecule has 1 aliphatic heterocycles. The molecule has 0 radical (unpaired) electrons. The van der Waals surface area contributed by atoms with Gasteiger partial charge in [0.1, 0.15) is 11.9 Å². The fourth-order valence-electron chi connectivity index (χ4n) is 6.06. The Hall–Kier alpha value is -4.42. The average Bonchev–Trinajstić information content (AvgIpc) is 3.32. The molecule has 3 aromatic rings. The van der Waals surface area contributed by atoms with Gasteiger partial charge in [0.15, 0.2) is 0 Å². The molecule has 0 saturated carbocycles. The minimum Gasteiger partial charge on any atom is -0.491 e. The number of carbonyl (C=O) groups excluding carboxylic acids is 1. The summed E-state index contributed by atoms with van der Waals surface area (Å²) in [6, 6.07) is 12.7. The van der Waals surface area contributed by atoms with Gasteiger partial charge in [-0.1, -0.05) is 43.0 Å². The van der Waals surface area contributed by atoms with Gasteiger partial charge in [0.2, 0.25) is 5.60 Å². The van der Waals surface area contributed by atoms with Crippen LogP contribution in [-0.4, -0.2) is 64.5 Å². The second kappa shape index (κ2) is 12.8. The first kappa shape index (κ1) is 33.0. The predicted octanol–water partition coefficient (Wildman–Crippen LogP) is 6.41. The van der Waals surface area contributed by atoms with Gasteiger partial charge in [-0.15, -0.1) is 0 Å². The Morgan fingerprint density at radius 3 is 2.48 bits per heavy atom. The molecule has 12 heteroatoms. The highest BCUT2D eigenvalue weighted by Gasteiger charge is 2.57. The lowest BCUT2D eigenvalue weighted by atomic mass is 9.80. The molecule has 0 bridgehead atoms. The first-order valence-electron chi connectivity index (χ1n) is 14.9. The van der Waals surface area contributed by atoms with Crippen molar-refractivity contribution in [1.82, 2.24) is 9.47 Å². The van der Waals surface area contributed by atoms with E-state index in [9.17, 15) is 33.2 Å². The van der Waals surface area contributed by atoms with E-state index < -0.39 is 34.6 Å². The van der Waals surface area contributed by atoms with Gasteiger partial charge in [-0.25, -0.2) is 0 Å². The number of nitro benzene ring substituents is 1. The highest BCUT2D eigenvalue weighted by atomic mass is 19.4. The highest BCUT2D eigenvalue weighted by molar-refractivity contribution is 5.87. The fraction of sp³-hybridized carbons (Fsp3) is 0.382. The number of piperidine rings is 1. The number of alkyl halides is 3. The molecule has 2 aromatic carbocycles. The molecule has 1 saturated heterocycles. The van der Waals surface area contributed by atoms with E-state index in [1.54, 1.807) is 54.3 Å². The number of methoxy groups -OCH3 is 1. The number of β-amino-alcohol motifs (C(OH)–C–C–N with tert-alkyl or cyclic N) is 1. The van der Waals surface area contributed by atoms with Crippen LogP contribution in [0.1, 0.15) is 37.3 Å². The van der Waals surface area contributed by atoms with Crippen LogP contribution in [0.5, 0.6) is 0 Å². The molecule has 244 valence electrons. The number of allylic oxidation sites excluding steroid dienone is 3. The maximum absolute atomic E-state index is 14.8. The Kier molecular flexibility index (Phi) is 9.14. The van der Waals surface area contributed by atoms with Crippen molar-refractivity contribution in [3.63, 3.8) is 0 Å². The average molecular weight is 640 g/mol. The highest BCUT2D eigenvalue weighted by Crippen LogP contribution is 2.44. The summed E-state index contributed by atoms with van der Waals surface area (Å²) in [5.74, 6) is 0.130. The topological polar surface area (TPSA) is 107 Å². The number of esters is 1. The van der Waals surface area contributed by atoms with Crippen LogP contribution in [0.4, 0.5) is 18.9 Å². The quantitative estimate of drug-likeness (QED) is 0.164. The SMILES string of the molecule is C=C1C=CC(OC2CCN(CC(O)(c3cn(Cc4ccccc4)c4cc([N+](=O)[O-])ccc34)C(F)(F)F)CC2)=CCC1(C)C(=O)OC. The van der Waals surface area contributed by atoms with Crippen LogP contribution < -0.4 is 0 Å². The fourth-order valence-corrected chi connectivity index (χ4v) is 6.06. The molecule has 0 amide bonds. The monoisotopic (exact) mass is 639 g/mol. The van der Waals surface area contributed by atoms with E-state index in [2.05, 4.69) is 6.58 Å². The van der Waals surface area contributed by atoms with E-state index in [1.165, 1.54) is 30.0 Å². The summed E-state index contributed by atoms with van der Waals surface area (Å²) in [6.45, 7) is 5.65. The molecule has 2 unspecified atom stereocenters. The summed E-state index contributed by atoms with van der Waals surface area (Å²) in [5.41, 5.74) is -3.22. The van der Waals surface area contributed by atoms with E-state index in [4.69, 9.17) is 9.47 Å². The van der Waals surface area contributed by atoms with Crippen molar-refractivity contribution in [1.29, 1.82) is 0 Å². The number of halogens is 3. The van der Waals surface area contributed by atoms with Gasteiger partial charge in [0.25, 0.3) is 5.69 Å². The van der Waals surface area contributed by atoms with Gasteiger partial charge in [-0.3, -0.25) is 19.8 Å². The molecule has 0 spiro atoms. The van der Waals surface area contributed by atoms with Gasteiger partial charge >= 0.3 is 12.1 Å². The van der Waals surface area contributed by atoms with Gasteiger partial charge in [0, 0.05) is 55.5 Å². The zero-order chi connectivity index (χ0) is 33.3. The number of hydrogen-bond donors (Lipinski definition) is 1. The minimum atomic E-state index is -5.04. The van der Waals surface area contributed by atoms with Crippen molar-refractivity contribution in [3.05, 3.63) is 112 Å². The van der Waals surface area contributed by atoms with E-state index in [0.717, 1.165) is 11.6 Å². The van der Waals surface area contributed by atoms with Crippen LogP contribution in [0.15, 0.2) is 90.9 Å². The number of aromatic nitrogens is 1. The lowest BCUT2D eigenvalue weighted by Gasteiger charge is -2.39. The van der Waals surface area contributed by atoms with Gasteiger partial charge in [0.05, 0.1) is 23.0 Å². The number of hydrogen-bond acceptors (Lipinski definition) is 7. The summed E-state index contributed by atoms with van der Waals surface area (Å²) in [7, 11) is 1.32. The third-order valence-corrected chi connectivity index (χ3v) is 8.98. The summed E-state index contributed by atoms with van der Waals surface area (Å²) in [4.78, 5) is 24.8. The third-order valence-electron chi connectivity index (χ3n) is 8.98. The number of likely N-dealkylation sites (tertiary alicyclic amines) is 1. The molecule has 2 aliphatic rings.